The molecule has 3 heteroatoms. The van der Waals surface area contributed by atoms with Crippen LogP contribution in [-0.2, 0) is 9.59 Å². The third-order valence-corrected chi connectivity index (χ3v) is 2.25. The lowest BCUT2D eigenvalue weighted by Crippen LogP contribution is -2.39. The highest BCUT2D eigenvalue weighted by Gasteiger charge is 2.13. The largest absolute Gasteiger partial charge is 0.348 e. The lowest BCUT2D eigenvalue weighted by Gasteiger charge is -2.19. The van der Waals surface area contributed by atoms with Gasteiger partial charge in [-0.2, -0.15) is 0 Å². The molecular weight excluding hydrogens is 202 g/mol. The standard InChI is InChI=1S/C13H19NO2/c1-13(2,3)14-12(16)9-6-10-4-7-11(15)8-5-10/h4,6-7,9-10H,5,8H2,1-3H3,(H,14,16). The number of amides is 1. The van der Waals surface area contributed by atoms with Crippen LogP contribution in [0.5, 0.6) is 0 Å². The van der Waals surface area contributed by atoms with Gasteiger partial charge in [0.25, 0.3) is 0 Å². The number of allylic oxidation sites excluding steroid dienone is 3. The zero-order valence-electron chi connectivity index (χ0n) is 10.1. The molecule has 0 aromatic heterocycles. The number of carbonyl (C=O) groups is 2. The molecule has 1 unspecified atom stereocenters. The molecule has 1 aliphatic rings. The van der Waals surface area contributed by atoms with Gasteiger partial charge in [0.1, 0.15) is 0 Å². The molecule has 0 saturated carbocycles. The predicted octanol–water partition coefficient (Wildman–Crippen LogP) is 1.99. The molecule has 0 saturated heterocycles. The van der Waals surface area contributed by atoms with Crippen LogP contribution in [0.15, 0.2) is 24.3 Å². The molecular formula is C13H19NO2. The van der Waals surface area contributed by atoms with Gasteiger partial charge in [-0.15, -0.1) is 0 Å². The summed E-state index contributed by atoms with van der Waals surface area (Å²) < 4.78 is 0. The summed E-state index contributed by atoms with van der Waals surface area (Å²) >= 11 is 0. The first-order valence-electron chi connectivity index (χ1n) is 5.58. The highest BCUT2D eigenvalue weighted by atomic mass is 16.1. The normalized spacial score (nSPS) is 21.4. The van der Waals surface area contributed by atoms with E-state index in [0.29, 0.717) is 6.42 Å². The molecule has 1 rings (SSSR count). The van der Waals surface area contributed by atoms with E-state index in [1.807, 2.05) is 32.9 Å². The van der Waals surface area contributed by atoms with Crippen LogP contribution in [0.2, 0.25) is 0 Å². The fourth-order valence-corrected chi connectivity index (χ4v) is 1.50. The second kappa shape index (κ2) is 5.10. The van der Waals surface area contributed by atoms with Gasteiger partial charge in [-0.05, 0) is 45.3 Å². The van der Waals surface area contributed by atoms with Crippen LogP contribution in [0.4, 0.5) is 0 Å². The Labute approximate surface area is 96.6 Å². The summed E-state index contributed by atoms with van der Waals surface area (Å²) in [5.41, 5.74) is -0.209. The minimum Gasteiger partial charge on any atom is -0.348 e. The Balaban J connectivity index is 2.45. The number of hydrogen-bond donors (Lipinski definition) is 1. The molecule has 0 aliphatic heterocycles. The molecule has 88 valence electrons. The summed E-state index contributed by atoms with van der Waals surface area (Å²) in [4.78, 5) is 22.4. The summed E-state index contributed by atoms with van der Waals surface area (Å²) in [6, 6.07) is 0. The van der Waals surface area contributed by atoms with Gasteiger partial charge in [0, 0.05) is 12.0 Å². The highest BCUT2D eigenvalue weighted by molar-refractivity contribution is 5.91. The fourth-order valence-electron chi connectivity index (χ4n) is 1.50. The molecule has 1 amide bonds. The quantitative estimate of drug-likeness (QED) is 0.725. The Bertz CT molecular complexity index is 334. The van der Waals surface area contributed by atoms with Gasteiger partial charge in [0.05, 0.1) is 0 Å². The van der Waals surface area contributed by atoms with Crippen molar-refractivity contribution in [3.8, 4) is 0 Å². The van der Waals surface area contributed by atoms with Crippen LogP contribution < -0.4 is 5.32 Å². The van der Waals surface area contributed by atoms with E-state index in [1.54, 1.807) is 12.2 Å². The van der Waals surface area contributed by atoms with Crippen LogP contribution in [0.1, 0.15) is 33.6 Å². The van der Waals surface area contributed by atoms with Crippen molar-refractivity contribution in [2.75, 3.05) is 0 Å². The topological polar surface area (TPSA) is 46.2 Å². The molecule has 1 N–H and O–H groups in total. The molecule has 3 nitrogen and oxygen atoms in total. The van der Waals surface area contributed by atoms with Crippen molar-refractivity contribution in [2.45, 2.75) is 39.2 Å². The summed E-state index contributed by atoms with van der Waals surface area (Å²) in [6.07, 6.45) is 8.23. The van der Waals surface area contributed by atoms with Gasteiger partial charge in [-0.25, -0.2) is 0 Å². The Morgan fingerprint density at radius 2 is 2.19 bits per heavy atom. The lowest BCUT2D eigenvalue weighted by molar-refractivity contribution is -0.118. The van der Waals surface area contributed by atoms with Gasteiger partial charge >= 0.3 is 0 Å². The molecule has 0 fully saturated rings. The zero-order chi connectivity index (χ0) is 12.2. The van der Waals surface area contributed by atoms with E-state index in [2.05, 4.69) is 5.32 Å². The first-order valence-corrected chi connectivity index (χ1v) is 5.58. The minimum atomic E-state index is -0.209. The highest BCUT2D eigenvalue weighted by Crippen LogP contribution is 2.15. The van der Waals surface area contributed by atoms with Crippen LogP contribution in [-0.4, -0.2) is 17.2 Å². The smallest absolute Gasteiger partial charge is 0.244 e. The van der Waals surface area contributed by atoms with E-state index in [-0.39, 0.29) is 23.1 Å². The van der Waals surface area contributed by atoms with Crippen molar-refractivity contribution >= 4 is 11.7 Å². The van der Waals surface area contributed by atoms with E-state index >= 15 is 0 Å². The molecule has 0 spiro atoms. The van der Waals surface area contributed by atoms with E-state index in [0.717, 1.165) is 6.42 Å². The molecule has 0 aromatic carbocycles. The minimum absolute atomic E-state index is 0.0854. The van der Waals surface area contributed by atoms with Gasteiger partial charge in [0.2, 0.25) is 5.91 Å². The Kier molecular flexibility index (Phi) is 4.05. The van der Waals surface area contributed by atoms with Crippen molar-refractivity contribution in [3.05, 3.63) is 24.3 Å². The summed E-state index contributed by atoms with van der Waals surface area (Å²) in [6.45, 7) is 5.83. The predicted molar refractivity (Wildman–Crippen MR) is 63.9 cm³/mol. The van der Waals surface area contributed by atoms with Crippen LogP contribution in [0.3, 0.4) is 0 Å². The second-order valence-corrected chi connectivity index (χ2v) is 5.13. The fraction of sp³-hybridized carbons (Fsp3) is 0.538. The number of ketones is 1. The maximum Gasteiger partial charge on any atom is 0.244 e. The Hall–Kier alpha value is -1.38. The molecule has 0 bridgehead atoms. The number of hydrogen-bond acceptors (Lipinski definition) is 2. The average molecular weight is 221 g/mol. The van der Waals surface area contributed by atoms with Crippen molar-refractivity contribution in [1.82, 2.24) is 5.32 Å². The maximum atomic E-state index is 11.5. The van der Waals surface area contributed by atoms with Gasteiger partial charge in [-0.1, -0.05) is 12.2 Å². The molecule has 0 aromatic rings. The lowest BCUT2D eigenvalue weighted by atomic mass is 9.95. The SMILES string of the molecule is CC(C)(C)NC(=O)C=CC1C=CC(=O)CC1. The molecule has 0 radical (unpaired) electrons. The van der Waals surface area contributed by atoms with Crippen LogP contribution >= 0.6 is 0 Å². The number of rotatable bonds is 2. The van der Waals surface area contributed by atoms with E-state index < -0.39 is 0 Å². The Morgan fingerprint density at radius 1 is 1.50 bits per heavy atom. The van der Waals surface area contributed by atoms with E-state index in [9.17, 15) is 9.59 Å². The van der Waals surface area contributed by atoms with Crippen molar-refractivity contribution in [1.29, 1.82) is 0 Å². The van der Waals surface area contributed by atoms with Crippen molar-refractivity contribution in [3.63, 3.8) is 0 Å². The summed E-state index contributed by atoms with van der Waals surface area (Å²) in [7, 11) is 0. The van der Waals surface area contributed by atoms with Gasteiger partial charge in [0.15, 0.2) is 5.78 Å². The van der Waals surface area contributed by atoms with E-state index in [4.69, 9.17) is 0 Å². The second-order valence-electron chi connectivity index (χ2n) is 5.13. The molecule has 0 heterocycles. The van der Waals surface area contributed by atoms with Crippen molar-refractivity contribution < 1.29 is 9.59 Å². The third-order valence-electron chi connectivity index (χ3n) is 2.25. The van der Waals surface area contributed by atoms with E-state index in [1.165, 1.54) is 0 Å². The van der Waals surface area contributed by atoms with Gasteiger partial charge in [-0.3, -0.25) is 9.59 Å². The number of nitrogens with one attached hydrogen (secondary N) is 1. The Morgan fingerprint density at radius 3 is 2.69 bits per heavy atom. The van der Waals surface area contributed by atoms with Gasteiger partial charge < -0.3 is 5.32 Å². The third kappa shape index (κ3) is 4.91. The monoisotopic (exact) mass is 221 g/mol. The molecule has 1 aliphatic carbocycles. The molecule has 16 heavy (non-hydrogen) atoms. The number of carbonyl (C=O) groups excluding carboxylic acids is 2. The average Bonchev–Trinajstić information content (AvgIpc) is 2.14. The maximum absolute atomic E-state index is 11.5. The van der Waals surface area contributed by atoms with Crippen LogP contribution in [0.25, 0.3) is 0 Å². The summed E-state index contributed by atoms with van der Waals surface area (Å²) in [5, 5.41) is 2.85. The molecule has 1 atom stereocenters. The van der Waals surface area contributed by atoms with Crippen LogP contribution in [0, 0.1) is 5.92 Å². The zero-order valence-corrected chi connectivity index (χ0v) is 10.1. The summed E-state index contributed by atoms with van der Waals surface area (Å²) in [5.74, 6) is 0.296. The van der Waals surface area contributed by atoms with Crippen molar-refractivity contribution in [2.24, 2.45) is 5.92 Å². The first kappa shape index (κ1) is 12.7. The first-order chi connectivity index (χ1) is 7.37.